The van der Waals surface area contributed by atoms with E-state index in [9.17, 15) is 0 Å². The summed E-state index contributed by atoms with van der Waals surface area (Å²) in [6.07, 6.45) is 3.40. The van der Waals surface area contributed by atoms with Gasteiger partial charge in [-0.25, -0.2) is 0 Å². The first kappa shape index (κ1) is 14.6. The Morgan fingerprint density at radius 1 is 1.30 bits per heavy atom. The Hall–Kier alpha value is -1.76. The Morgan fingerprint density at radius 3 is 2.65 bits per heavy atom. The van der Waals surface area contributed by atoms with Gasteiger partial charge in [-0.05, 0) is 26.3 Å². The van der Waals surface area contributed by atoms with Gasteiger partial charge in [-0.3, -0.25) is 0 Å². The molecule has 112 valence electrons. The Morgan fingerprint density at radius 2 is 2.00 bits per heavy atom. The molecule has 20 heavy (non-hydrogen) atoms. The summed E-state index contributed by atoms with van der Waals surface area (Å²) in [6, 6.07) is 0.304. The average Bonchev–Trinajstić information content (AvgIpc) is 3.01. The molecule has 7 heteroatoms. The third-order valence-corrected chi connectivity index (χ3v) is 3.53. The van der Waals surface area contributed by atoms with Crippen molar-refractivity contribution < 1.29 is 4.74 Å². The molecule has 0 unspecified atom stereocenters. The molecule has 1 aromatic heterocycles. The standard InChI is InChI=1S/C12H19N5O.CH5N/c1-2-8-7-18-9-10(14-8)15-12(13)16-11(9)17-5-3-4-6-17;1-2/h8H,2-7H2,1H3,(H3,13,14,15,16);2H2,1H3/t8-;/m1./s1. The van der Waals surface area contributed by atoms with Crippen molar-refractivity contribution in [2.75, 3.05) is 42.7 Å². The van der Waals surface area contributed by atoms with Crippen molar-refractivity contribution in [3.05, 3.63) is 0 Å². The van der Waals surface area contributed by atoms with E-state index in [2.05, 4.69) is 32.8 Å². The fourth-order valence-electron chi connectivity index (χ4n) is 2.47. The highest BCUT2D eigenvalue weighted by Crippen LogP contribution is 2.38. The molecule has 1 fully saturated rings. The van der Waals surface area contributed by atoms with E-state index in [1.807, 2.05) is 0 Å². The third-order valence-electron chi connectivity index (χ3n) is 3.53. The Kier molecular flexibility index (Phi) is 4.84. The van der Waals surface area contributed by atoms with Crippen LogP contribution in [0.1, 0.15) is 26.2 Å². The van der Waals surface area contributed by atoms with Gasteiger partial charge in [0.25, 0.3) is 0 Å². The van der Waals surface area contributed by atoms with E-state index < -0.39 is 0 Å². The smallest absolute Gasteiger partial charge is 0.224 e. The number of ether oxygens (including phenoxy) is 1. The molecule has 0 aliphatic carbocycles. The lowest BCUT2D eigenvalue weighted by Crippen LogP contribution is -2.33. The lowest BCUT2D eigenvalue weighted by atomic mass is 10.2. The van der Waals surface area contributed by atoms with Gasteiger partial charge in [-0.15, -0.1) is 0 Å². The number of anilines is 3. The largest absolute Gasteiger partial charge is 0.484 e. The molecule has 2 aliphatic heterocycles. The zero-order chi connectivity index (χ0) is 14.5. The molecular weight excluding hydrogens is 256 g/mol. The van der Waals surface area contributed by atoms with E-state index in [0.717, 1.165) is 36.9 Å². The predicted molar refractivity (Wildman–Crippen MR) is 81.2 cm³/mol. The average molecular weight is 280 g/mol. The molecule has 0 spiro atoms. The van der Waals surface area contributed by atoms with Crippen molar-refractivity contribution >= 4 is 17.6 Å². The highest BCUT2D eigenvalue weighted by Gasteiger charge is 2.27. The second kappa shape index (κ2) is 6.60. The number of aromatic nitrogens is 2. The minimum absolute atomic E-state index is 0.304. The number of nitrogen functional groups attached to an aromatic ring is 1. The lowest BCUT2D eigenvalue weighted by molar-refractivity contribution is 0.279. The number of hydrogen-bond donors (Lipinski definition) is 3. The summed E-state index contributed by atoms with van der Waals surface area (Å²) in [4.78, 5) is 10.8. The van der Waals surface area contributed by atoms with Gasteiger partial charge in [0.05, 0.1) is 6.04 Å². The van der Waals surface area contributed by atoms with Crippen LogP contribution in [-0.4, -0.2) is 42.8 Å². The number of nitrogens with two attached hydrogens (primary N) is 2. The van der Waals surface area contributed by atoms with Crippen molar-refractivity contribution in [2.45, 2.75) is 32.2 Å². The summed E-state index contributed by atoms with van der Waals surface area (Å²) in [5, 5.41) is 3.37. The van der Waals surface area contributed by atoms with Gasteiger partial charge < -0.3 is 26.4 Å². The van der Waals surface area contributed by atoms with Gasteiger partial charge in [-0.2, -0.15) is 9.97 Å². The van der Waals surface area contributed by atoms with Crippen molar-refractivity contribution in [1.82, 2.24) is 9.97 Å². The van der Waals surface area contributed by atoms with Gasteiger partial charge in [0.1, 0.15) is 6.61 Å². The summed E-state index contributed by atoms with van der Waals surface area (Å²) in [7, 11) is 1.50. The first-order valence-electron chi connectivity index (χ1n) is 7.17. The zero-order valence-corrected chi connectivity index (χ0v) is 12.2. The van der Waals surface area contributed by atoms with E-state index in [1.165, 1.54) is 19.9 Å². The SMILES string of the molecule is CC[C@@H]1COc2c(nc(N)nc2N2CCCC2)N1.CN. The van der Waals surface area contributed by atoms with Gasteiger partial charge in [0.2, 0.25) is 11.7 Å². The highest BCUT2D eigenvalue weighted by atomic mass is 16.5. The first-order valence-corrected chi connectivity index (χ1v) is 7.17. The quantitative estimate of drug-likeness (QED) is 0.737. The van der Waals surface area contributed by atoms with E-state index in [-0.39, 0.29) is 0 Å². The van der Waals surface area contributed by atoms with Gasteiger partial charge in [-0.1, -0.05) is 6.92 Å². The van der Waals surface area contributed by atoms with Gasteiger partial charge in [0, 0.05) is 13.1 Å². The zero-order valence-electron chi connectivity index (χ0n) is 12.2. The molecule has 0 bridgehead atoms. The molecule has 0 radical (unpaired) electrons. The molecule has 3 rings (SSSR count). The summed E-state index contributed by atoms with van der Waals surface area (Å²) in [6.45, 7) is 4.82. The topological polar surface area (TPSA) is 102 Å². The molecular formula is C13H24N6O. The van der Waals surface area contributed by atoms with Crippen LogP contribution in [-0.2, 0) is 0 Å². The van der Waals surface area contributed by atoms with E-state index >= 15 is 0 Å². The molecule has 1 aromatic rings. The summed E-state index contributed by atoms with van der Waals surface area (Å²) in [5.41, 5.74) is 10.3. The van der Waals surface area contributed by atoms with Crippen LogP contribution in [0.5, 0.6) is 5.75 Å². The molecule has 0 amide bonds. The first-order chi connectivity index (χ1) is 9.78. The fourth-order valence-corrected chi connectivity index (χ4v) is 2.47. The third kappa shape index (κ3) is 2.87. The second-order valence-corrected chi connectivity index (χ2v) is 4.84. The second-order valence-electron chi connectivity index (χ2n) is 4.84. The van der Waals surface area contributed by atoms with Crippen molar-refractivity contribution in [3.63, 3.8) is 0 Å². The molecule has 2 aliphatic rings. The maximum Gasteiger partial charge on any atom is 0.224 e. The van der Waals surface area contributed by atoms with Crippen LogP contribution in [0.2, 0.25) is 0 Å². The summed E-state index contributed by atoms with van der Waals surface area (Å²) in [5.74, 6) is 2.65. The maximum atomic E-state index is 5.84. The van der Waals surface area contributed by atoms with E-state index in [0.29, 0.717) is 18.6 Å². The fraction of sp³-hybridized carbons (Fsp3) is 0.692. The monoisotopic (exact) mass is 280 g/mol. The Balaban J connectivity index is 0.000000704. The molecule has 3 heterocycles. The molecule has 1 atom stereocenters. The summed E-state index contributed by atoms with van der Waals surface area (Å²) >= 11 is 0. The van der Waals surface area contributed by atoms with Gasteiger partial charge >= 0.3 is 0 Å². The number of rotatable bonds is 2. The minimum Gasteiger partial charge on any atom is -0.484 e. The predicted octanol–water partition coefficient (Wildman–Crippen LogP) is 0.817. The molecule has 0 saturated carbocycles. The number of nitrogens with one attached hydrogen (secondary N) is 1. The molecule has 1 saturated heterocycles. The van der Waals surface area contributed by atoms with Crippen LogP contribution < -0.4 is 26.4 Å². The van der Waals surface area contributed by atoms with Crippen LogP contribution in [0, 0.1) is 0 Å². The number of nitrogens with zero attached hydrogens (tertiary/aromatic N) is 3. The van der Waals surface area contributed by atoms with Crippen molar-refractivity contribution in [3.8, 4) is 5.75 Å². The lowest BCUT2D eigenvalue weighted by Gasteiger charge is -2.29. The number of hydrogen-bond acceptors (Lipinski definition) is 7. The van der Waals surface area contributed by atoms with Crippen LogP contribution >= 0.6 is 0 Å². The molecule has 7 nitrogen and oxygen atoms in total. The molecule has 0 aromatic carbocycles. The minimum atomic E-state index is 0.304. The maximum absolute atomic E-state index is 5.84. The molecule has 5 N–H and O–H groups in total. The highest BCUT2D eigenvalue weighted by molar-refractivity contribution is 5.68. The summed E-state index contributed by atoms with van der Waals surface area (Å²) < 4.78 is 5.84. The van der Waals surface area contributed by atoms with Crippen LogP contribution in [0.4, 0.5) is 17.6 Å². The van der Waals surface area contributed by atoms with E-state index in [1.54, 1.807) is 0 Å². The Labute approximate surface area is 119 Å². The van der Waals surface area contributed by atoms with Crippen molar-refractivity contribution in [2.24, 2.45) is 5.73 Å². The Bertz CT molecular complexity index is 447. The van der Waals surface area contributed by atoms with Crippen LogP contribution in [0.25, 0.3) is 0 Å². The van der Waals surface area contributed by atoms with E-state index in [4.69, 9.17) is 10.5 Å². The number of fused-ring (bicyclic) bond motifs is 1. The normalized spacial score (nSPS) is 20.4. The van der Waals surface area contributed by atoms with Crippen molar-refractivity contribution in [1.29, 1.82) is 0 Å². The van der Waals surface area contributed by atoms with Crippen LogP contribution in [0.15, 0.2) is 0 Å². The van der Waals surface area contributed by atoms with Gasteiger partial charge in [0.15, 0.2) is 11.6 Å². The van der Waals surface area contributed by atoms with Crippen LogP contribution in [0.3, 0.4) is 0 Å².